The van der Waals surface area contributed by atoms with Crippen LogP contribution < -0.4 is 11.3 Å². The zero-order valence-electron chi connectivity index (χ0n) is 10.2. The third-order valence-corrected chi connectivity index (χ3v) is 3.28. The Morgan fingerprint density at radius 2 is 2.20 bits per heavy atom. The van der Waals surface area contributed by atoms with Crippen molar-refractivity contribution in [3.63, 3.8) is 0 Å². The number of H-pyrrole nitrogens is 1. The number of hydrogen-bond acceptors (Lipinski definition) is 8. The number of hydrogen-bond donors (Lipinski definition) is 5. The van der Waals surface area contributed by atoms with Crippen molar-refractivity contribution in [2.75, 3.05) is 12.3 Å². The molecule has 10 nitrogen and oxygen atoms in total. The van der Waals surface area contributed by atoms with Crippen molar-refractivity contribution in [2.45, 2.75) is 24.5 Å². The van der Waals surface area contributed by atoms with E-state index >= 15 is 0 Å². The number of nitrogens with zero attached hydrogens (tertiary/aromatic N) is 3. The molecule has 108 valence electrons. The molecule has 0 saturated carbocycles. The lowest BCUT2D eigenvalue weighted by Gasteiger charge is -2.17. The van der Waals surface area contributed by atoms with Gasteiger partial charge >= 0.3 is 0 Å². The van der Waals surface area contributed by atoms with Crippen molar-refractivity contribution < 1.29 is 20.1 Å². The molecule has 0 bridgehead atoms. The van der Waals surface area contributed by atoms with Gasteiger partial charge in [-0.25, -0.2) is 9.97 Å². The van der Waals surface area contributed by atoms with Crippen molar-refractivity contribution >= 4 is 17.1 Å². The number of aliphatic hydroxyl groups is 3. The number of aromatic amines is 1. The smallest absolute Gasteiger partial charge is 0.278 e. The highest BCUT2D eigenvalue weighted by Crippen LogP contribution is 2.32. The summed E-state index contributed by atoms with van der Waals surface area (Å²) in [5, 5.41) is 28.8. The molecule has 3 rings (SSSR count). The van der Waals surface area contributed by atoms with Gasteiger partial charge < -0.3 is 30.8 Å². The molecule has 20 heavy (non-hydrogen) atoms. The Labute approximate surface area is 111 Å². The van der Waals surface area contributed by atoms with Gasteiger partial charge in [0.05, 0.1) is 12.9 Å². The van der Waals surface area contributed by atoms with Crippen LogP contribution in [0.5, 0.6) is 0 Å². The predicted molar refractivity (Wildman–Crippen MR) is 65.6 cm³/mol. The van der Waals surface area contributed by atoms with E-state index in [0.717, 1.165) is 0 Å². The molecular formula is C10H13N5O5. The molecule has 0 aliphatic carbocycles. The highest BCUT2D eigenvalue weighted by Gasteiger charge is 2.44. The number of nitrogens with two attached hydrogens (primary N) is 1. The first-order chi connectivity index (χ1) is 9.54. The molecular weight excluding hydrogens is 270 g/mol. The van der Waals surface area contributed by atoms with Gasteiger partial charge in [-0.1, -0.05) is 0 Å². The van der Waals surface area contributed by atoms with E-state index in [1.54, 1.807) is 0 Å². The van der Waals surface area contributed by atoms with Gasteiger partial charge in [0.15, 0.2) is 17.4 Å². The number of aliphatic hydroxyl groups excluding tert-OH is 3. The summed E-state index contributed by atoms with van der Waals surface area (Å²) in [6.07, 6.45) is -3.46. The van der Waals surface area contributed by atoms with E-state index in [-0.39, 0.29) is 17.1 Å². The number of ether oxygens (including phenoxy) is 1. The summed E-state index contributed by atoms with van der Waals surface area (Å²) in [6, 6.07) is 0. The van der Waals surface area contributed by atoms with Gasteiger partial charge in [0, 0.05) is 0 Å². The zero-order valence-corrected chi connectivity index (χ0v) is 10.2. The maximum absolute atomic E-state index is 11.6. The van der Waals surface area contributed by atoms with Gasteiger partial charge in [-0.05, 0) is 0 Å². The summed E-state index contributed by atoms with van der Waals surface area (Å²) in [7, 11) is 0. The van der Waals surface area contributed by atoms with Gasteiger partial charge in [0.1, 0.15) is 18.3 Å². The standard InChI is InChI=1S/C10H13N5O5/c11-10-14-4-7(12-2-13-8(4)19)15(10)9-6(18)5(17)3(1-16)20-9/h2-3,5-6,9,16-18H,1H2,(H2,11,14)(H,12,13,19)/t3-,5+,6+,9-/m0/s1. The molecule has 1 saturated heterocycles. The maximum atomic E-state index is 11.6. The highest BCUT2D eigenvalue weighted by atomic mass is 16.6. The van der Waals surface area contributed by atoms with E-state index < -0.39 is 36.7 Å². The van der Waals surface area contributed by atoms with Gasteiger partial charge in [-0.3, -0.25) is 9.36 Å². The maximum Gasteiger partial charge on any atom is 0.278 e. The lowest BCUT2D eigenvalue weighted by atomic mass is 10.1. The Balaban J connectivity index is 2.14. The molecule has 1 fully saturated rings. The molecule has 6 N–H and O–H groups in total. The molecule has 10 heteroatoms. The number of anilines is 1. The largest absolute Gasteiger partial charge is 0.394 e. The second kappa shape index (κ2) is 4.52. The summed E-state index contributed by atoms with van der Waals surface area (Å²) >= 11 is 0. The lowest BCUT2D eigenvalue weighted by molar-refractivity contribution is -0.0500. The van der Waals surface area contributed by atoms with Crippen molar-refractivity contribution in [3.05, 3.63) is 16.7 Å². The van der Waals surface area contributed by atoms with E-state index in [9.17, 15) is 15.0 Å². The van der Waals surface area contributed by atoms with Crippen molar-refractivity contribution in [3.8, 4) is 0 Å². The molecule has 1 aliphatic heterocycles. The number of rotatable bonds is 2. The van der Waals surface area contributed by atoms with E-state index in [4.69, 9.17) is 15.6 Å². The van der Waals surface area contributed by atoms with Gasteiger partial charge in [-0.2, -0.15) is 0 Å². The summed E-state index contributed by atoms with van der Waals surface area (Å²) in [5.74, 6) is -0.0842. The summed E-state index contributed by atoms with van der Waals surface area (Å²) in [4.78, 5) is 21.8. The molecule has 0 radical (unpaired) electrons. The van der Waals surface area contributed by atoms with Gasteiger partial charge in [-0.15, -0.1) is 0 Å². The number of imidazole rings is 1. The fourth-order valence-corrected chi connectivity index (χ4v) is 2.28. The lowest BCUT2D eigenvalue weighted by Crippen LogP contribution is -2.33. The molecule has 0 aromatic carbocycles. The van der Waals surface area contributed by atoms with Crippen LogP contribution in [0.3, 0.4) is 0 Å². The fraction of sp³-hybridized carbons (Fsp3) is 0.500. The molecule has 0 spiro atoms. The normalized spacial score (nSPS) is 30.1. The predicted octanol–water partition coefficient (Wildman–Crippen LogP) is -2.69. The van der Waals surface area contributed by atoms with E-state index in [0.29, 0.717) is 0 Å². The number of nitrogen functional groups attached to an aromatic ring is 1. The Morgan fingerprint density at radius 3 is 2.85 bits per heavy atom. The van der Waals surface area contributed by atoms with Crippen LogP contribution in [-0.2, 0) is 4.74 Å². The fourth-order valence-electron chi connectivity index (χ4n) is 2.28. The minimum Gasteiger partial charge on any atom is -0.394 e. The Hall–Kier alpha value is -2.01. The second-order valence-electron chi connectivity index (χ2n) is 4.47. The zero-order chi connectivity index (χ0) is 14.4. The third-order valence-electron chi connectivity index (χ3n) is 3.28. The molecule has 0 amide bonds. The summed E-state index contributed by atoms with van der Waals surface area (Å²) < 4.78 is 6.57. The van der Waals surface area contributed by atoms with Gasteiger partial charge in [0.25, 0.3) is 5.56 Å². The minimum absolute atomic E-state index is 0.00254. The van der Waals surface area contributed by atoms with E-state index in [1.807, 2.05) is 0 Å². The van der Waals surface area contributed by atoms with E-state index in [1.165, 1.54) is 10.9 Å². The number of nitrogens with one attached hydrogen (secondary N) is 1. The topological polar surface area (TPSA) is 160 Å². The first kappa shape index (κ1) is 13.0. The quantitative estimate of drug-likeness (QED) is 0.398. The van der Waals surface area contributed by atoms with Crippen LogP contribution in [0.25, 0.3) is 11.2 Å². The second-order valence-corrected chi connectivity index (χ2v) is 4.47. The monoisotopic (exact) mass is 283 g/mol. The first-order valence-corrected chi connectivity index (χ1v) is 5.88. The molecule has 2 aromatic rings. The van der Waals surface area contributed by atoms with Crippen LogP contribution in [0, 0.1) is 0 Å². The average Bonchev–Trinajstić information content (AvgIpc) is 2.90. The van der Waals surface area contributed by atoms with Crippen molar-refractivity contribution in [2.24, 2.45) is 0 Å². The van der Waals surface area contributed by atoms with Gasteiger partial charge in [0.2, 0.25) is 5.95 Å². The molecule has 0 unspecified atom stereocenters. The Kier molecular flexibility index (Phi) is 2.94. The first-order valence-electron chi connectivity index (χ1n) is 5.88. The van der Waals surface area contributed by atoms with Crippen molar-refractivity contribution in [1.29, 1.82) is 0 Å². The molecule has 1 aliphatic rings. The molecule has 4 atom stereocenters. The number of fused-ring (bicyclic) bond motifs is 1. The molecule has 3 heterocycles. The van der Waals surface area contributed by atoms with Crippen LogP contribution in [0.15, 0.2) is 11.1 Å². The number of aromatic nitrogens is 4. The third kappa shape index (κ3) is 1.70. The SMILES string of the molecule is Nc1nc2c(=O)[nH]cnc2n1[C@H]1O[C@@H](CO)[C@@H](O)[C@H]1O. The average molecular weight is 283 g/mol. The molecule has 2 aromatic heterocycles. The Morgan fingerprint density at radius 1 is 1.45 bits per heavy atom. The summed E-state index contributed by atoms with van der Waals surface area (Å²) in [5.41, 5.74) is 5.37. The summed E-state index contributed by atoms with van der Waals surface area (Å²) in [6.45, 7) is -0.463. The van der Waals surface area contributed by atoms with E-state index in [2.05, 4.69) is 15.0 Å². The van der Waals surface area contributed by atoms with Crippen molar-refractivity contribution in [1.82, 2.24) is 19.5 Å². The minimum atomic E-state index is -1.33. The van der Waals surface area contributed by atoms with Crippen LogP contribution in [-0.4, -0.2) is 59.8 Å². The Bertz CT molecular complexity index is 697. The van der Waals surface area contributed by atoms with Crippen LogP contribution in [0.4, 0.5) is 5.95 Å². The highest BCUT2D eigenvalue weighted by molar-refractivity contribution is 5.72. The van der Waals surface area contributed by atoms with Crippen LogP contribution in [0.2, 0.25) is 0 Å². The van der Waals surface area contributed by atoms with Crippen LogP contribution in [0.1, 0.15) is 6.23 Å². The van der Waals surface area contributed by atoms with Crippen LogP contribution >= 0.6 is 0 Å².